The molecule has 0 aliphatic heterocycles. The number of rotatable bonds is 4. The van der Waals surface area contributed by atoms with E-state index in [4.69, 9.17) is 10.3 Å². The maximum atomic E-state index is 6.07. The van der Waals surface area contributed by atoms with Gasteiger partial charge in [0.25, 0.3) is 0 Å². The molecule has 0 bridgehead atoms. The fraction of sp³-hybridized carbons (Fsp3) is 0.462. The van der Waals surface area contributed by atoms with Crippen molar-refractivity contribution in [2.24, 2.45) is 11.7 Å². The highest BCUT2D eigenvalue weighted by Crippen LogP contribution is 2.24. The molecule has 0 unspecified atom stereocenters. The highest BCUT2D eigenvalue weighted by Gasteiger charge is 2.20. The molecule has 0 aliphatic carbocycles. The van der Waals surface area contributed by atoms with Gasteiger partial charge in [0.1, 0.15) is 0 Å². The van der Waals surface area contributed by atoms with E-state index in [0.717, 1.165) is 17.5 Å². The molecule has 2 aromatic rings. The van der Waals surface area contributed by atoms with Crippen molar-refractivity contribution in [2.75, 3.05) is 0 Å². The van der Waals surface area contributed by atoms with Crippen molar-refractivity contribution in [3.63, 3.8) is 0 Å². The Labute approximate surface area is 106 Å². The second kappa shape index (κ2) is 5.27. The summed E-state index contributed by atoms with van der Waals surface area (Å²) in [7, 11) is 0. The lowest BCUT2D eigenvalue weighted by Crippen LogP contribution is -2.18. The van der Waals surface area contributed by atoms with Crippen LogP contribution >= 0.6 is 0 Å². The van der Waals surface area contributed by atoms with Crippen LogP contribution in [0.2, 0.25) is 0 Å². The van der Waals surface area contributed by atoms with Crippen molar-refractivity contribution in [3.05, 3.63) is 29.9 Å². The van der Waals surface area contributed by atoms with Crippen molar-refractivity contribution in [2.45, 2.75) is 33.2 Å². The molecule has 18 heavy (non-hydrogen) atoms. The predicted molar refractivity (Wildman–Crippen MR) is 68.6 cm³/mol. The summed E-state index contributed by atoms with van der Waals surface area (Å²) >= 11 is 0. The minimum Gasteiger partial charge on any atom is -0.337 e. The van der Waals surface area contributed by atoms with Crippen LogP contribution < -0.4 is 5.73 Å². The lowest BCUT2D eigenvalue weighted by molar-refractivity contribution is 0.312. The fourth-order valence-corrected chi connectivity index (χ4v) is 1.70. The largest absolute Gasteiger partial charge is 0.337 e. The third-order valence-corrected chi connectivity index (χ3v) is 3.25. The Morgan fingerprint density at radius 2 is 2.22 bits per heavy atom. The summed E-state index contributed by atoms with van der Waals surface area (Å²) in [6, 6.07) is 1.66. The lowest BCUT2D eigenvalue weighted by Gasteiger charge is -2.12. The molecule has 0 spiro atoms. The molecule has 96 valence electrons. The molecule has 2 rings (SSSR count). The molecule has 0 aromatic carbocycles. The molecule has 2 atom stereocenters. The van der Waals surface area contributed by atoms with E-state index >= 15 is 0 Å². The summed E-state index contributed by atoms with van der Waals surface area (Å²) in [4.78, 5) is 8.42. The Hall–Kier alpha value is -1.75. The number of nitrogens with zero attached hydrogens (tertiary/aromatic N) is 3. The number of aryl methyl sites for hydroxylation is 1. The molecule has 0 radical (unpaired) electrons. The summed E-state index contributed by atoms with van der Waals surface area (Å²) in [6.07, 6.45) is 4.47. The van der Waals surface area contributed by atoms with Crippen molar-refractivity contribution in [3.8, 4) is 11.4 Å². The molecule has 0 aliphatic rings. The van der Waals surface area contributed by atoms with Gasteiger partial charge in [0.15, 0.2) is 0 Å². The molecule has 0 fully saturated rings. The van der Waals surface area contributed by atoms with Gasteiger partial charge in [0, 0.05) is 18.0 Å². The molecule has 2 N–H and O–H groups in total. The second-order valence-electron chi connectivity index (χ2n) is 4.56. The first-order valence-corrected chi connectivity index (χ1v) is 6.13. The topological polar surface area (TPSA) is 77.8 Å². The van der Waals surface area contributed by atoms with Gasteiger partial charge in [-0.2, -0.15) is 4.98 Å². The van der Waals surface area contributed by atoms with Crippen LogP contribution in [0, 0.1) is 12.8 Å². The third kappa shape index (κ3) is 2.41. The molecule has 0 saturated carbocycles. The summed E-state index contributed by atoms with van der Waals surface area (Å²) in [5.74, 6) is 1.39. The normalized spacial score (nSPS) is 14.4. The van der Waals surface area contributed by atoms with E-state index < -0.39 is 0 Å². The maximum Gasteiger partial charge on any atom is 0.244 e. The van der Waals surface area contributed by atoms with Crippen LogP contribution in [-0.4, -0.2) is 15.1 Å². The van der Waals surface area contributed by atoms with Gasteiger partial charge in [-0.3, -0.25) is 4.98 Å². The van der Waals surface area contributed by atoms with E-state index in [2.05, 4.69) is 29.0 Å². The van der Waals surface area contributed by atoms with Crippen molar-refractivity contribution < 1.29 is 4.52 Å². The maximum absolute atomic E-state index is 6.07. The van der Waals surface area contributed by atoms with Crippen LogP contribution in [0.1, 0.15) is 37.8 Å². The van der Waals surface area contributed by atoms with Crippen LogP contribution in [0.5, 0.6) is 0 Å². The van der Waals surface area contributed by atoms with Crippen LogP contribution in [0.15, 0.2) is 23.0 Å². The zero-order valence-electron chi connectivity index (χ0n) is 10.9. The zero-order chi connectivity index (χ0) is 13.1. The summed E-state index contributed by atoms with van der Waals surface area (Å²) in [5, 5.41) is 3.99. The summed E-state index contributed by atoms with van der Waals surface area (Å²) in [5.41, 5.74) is 8.01. The third-order valence-electron chi connectivity index (χ3n) is 3.25. The Balaban J connectivity index is 2.29. The van der Waals surface area contributed by atoms with Gasteiger partial charge in [-0.1, -0.05) is 25.4 Å². The first kappa shape index (κ1) is 12.7. The van der Waals surface area contributed by atoms with Crippen molar-refractivity contribution >= 4 is 0 Å². The van der Waals surface area contributed by atoms with Crippen LogP contribution in [0.25, 0.3) is 11.4 Å². The van der Waals surface area contributed by atoms with Crippen molar-refractivity contribution in [1.82, 2.24) is 15.1 Å². The van der Waals surface area contributed by atoms with Gasteiger partial charge in [0.05, 0.1) is 6.04 Å². The van der Waals surface area contributed by atoms with E-state index in [1.807, 2.05) is 13.0 Å². The molecule has 0 amide bonds. The first-order chi connectivity index (χ1) is 8.63. The Bertz CT molecular complexity index is 523. The number of pyridine rings is 1. The fourth-order valence-electron chi connectivity index (χ4n) is 1.70. The summed E-state index contributed by atoms with van der Waals surface area (Å²) in [6.45, 7) is 6.13. The smallest absolute Gasteiger partial charge is 0.244 e. The highest BCUT2D eigenvalue weighted by molar-refractivity contribution is 5.57. The van der Waals surface area contributed by atoms with Crippen molar-refractivity contribution in [1.29, 1.82) is 0 Å². The van der Waals surface area contributed by atoms with Gasteiger partial charge < -0.3 is 10.3 Å². The molecular weight excluding hydrogens is 228 g/mol. The predicted octanol–water partition coefficient (Wildman–Crippen LogP) is 2.49. The highest BCUT2D eigenvalue weighted by atomic mass is 16.5. The number of nitrogens with two attached hydrogens (primary N) is 1. The lowest BCUT2D eigenvalue weighted by atomic mass is 10.0. The minimum absolute atomic E-state index is 0.210. The van der Waals surface area contributed by atoms with Crippen LogP contribution in [0.4, 0.5) is 0 Å². The number of hydrogen-bond donors (Lipinski definition) is 1. The average molecular weight is 246 g/mol. The molecule has 2 aromatic heterocycles. The van der Waals surface area contributed by atoms with Gasteiger partial charge in [-0.05, 0) is 24.5 Å². The average Bonchev–Trinajstić information content (AvgIpc) is 2.87. The Kier molecular flexibility index (Phi) is 3.72. The molecule has 0 saturated heterocycles. The van der Waals surface area contributed by atoms with Crippen LogP contribution in [-0.2, 0) is 0 Å². The standard InChI is InChI=1S/C13H18N4O/c1-4-8(2)11(14)13-16-12(17-18-13)10-5-6-15-7-9(10)3/h5-8,11H,4,14H2,1-3H3/t8-,11-/m0/s1. The van der Waals surface area contributed by atoms with Gasteiger partial charge in [0.2, 0.25) is 11.7 Å². The van der Waals surface area contributed by atoms with E-state index in [-0.39, 0.29) is 6.04 Å². The SMILES string of the molecule is CC[C@H](C)[C@H](N)c1nc(-c2ccncc2C)no1. The minimum atomic E-state index is -0.210. The van der Waals surface area contributed by atoms with Gasteiger partial charge in [-0.25, -0.2) is 0 Å². The second-order valence-corrected chi connectivity index (χ2v) is 4.56. The molecule has 5 heteroatoms. The first-order valence-electron chi connectivity index (χ1n) is 6.13. The van der Waals surface area contributed by atoms with Gasteiger partial charge >= 0.3 is 0 Å². The monoisotopic (exact) mass is 246 g/mol. The van der Waals surface area contributed by atoms with E-state index in [9.17, 15) is 0 Å². The van der Waals surface area contributed by atoms with E-state index in [1.54, 1.807) is 12.4 Å². The van der Waals surface area contributed by atoms with Crippen LogP contribution in [0.3, 0.4) is 0 Å². The molecule has 2 heterocycles. The zero-order valence-corrected chi connectivity index (χ0v) is 10.9. The molecular formula is C13H18N4O. The quantitative estimate of drug-likeness (QED) is 0.896. The summed E-state index contributed by atoms with van der Waals surface area (Å²) < 4.78 is 5.25. The molecule has 5 nitrogen and oxygen atoms in total. The van der Waals surface area contributed by atoms with E-state index in [1.165, 1.54) is 0 Å². The van der Waals surface area contributed by atoms with Gasteiger partial charge in [-0.15, -0.1) is 0 Å². The Morgan fingerprint density at radius 3 is 2.89 bits per heavy atom. The van der Waals surface area contributed by atoms with E-state index in [0.29, 0.717) is 17.6 Å². The number of aromatic nitrogens is 3. The Morgan fingerprint density at radius 1 is 1.44 bits per heavy atom. The number of hydrogen-bond acceptors (Lipinski definition) is 5.